The van der Waals surface area contributed by atoms with E-state index in [1.807, 2.05) is 0 Å². The van der Waals surface area contributed by atoms with Crippen LogP contribution in [-0.4, -0.2) is 42.8 Å². The average molecular weight is 370 g/mol. The number of hydrogen-bond donors (Lipinski definition) is 0. The maximum Gasteiger partial charge on any atom is 0.410 e. The Morgan fingerprint density at radius 3 is 2.12 bits per heavy atom. The Morgan fingerprint density at radius 1 is 0.808 bits per heavy atom. The van der Waals surface area contributed by atoms with Crippen LogP contribution >= 0.6 is 0 Å². The minimum Gasteiger partial charge on any atom is -0.464 e. The fourth-order valence-electron chi connectivity index (χ4n) is 3.29. The fourth-order valence-corrected chi connectivity index (χ4v) is 3.29. The third-order valence-electron chi connectivity index (χ3n) is 4.98. The molecule has 1 heterocycles. The molecule has 0 radical (unpaired) electrons. The molecule has 1 atom stereocenters. The lowest BCUT2D eigenvalue weighted by atomic mass is 10.0. The van der Waals surface area contributed by atoms with Gasteiger partial charge >= 0.3 is 12.1 Å². The molecule has 1 saturated heterocycles. The molecule has 152 valence electrons. The Balaban J connectivity index is 2.20. The first-order valence-corrected chi connectivity index (χ1v) is 10.8. The molecule has 26 heavy (non-hydrogen) atoms. The number of likely N-dealkylation sites (tertiary alicyclic amines) is 1. The molecule has 0 aromatic heterocycles. The highest BCUT2D eigenvalue weighted by atomic mass is 16.6. The molecule has 0 aliphatic carbocycles. The van der Waals surface area contributed by atoms with Gasteiger partial charge in [0.25, 0.3) is 0 Å². The zero-order chi connectivity index (χ0) is 19.0. The van der Waals surface area contributed by atoms with Gasteiger partial charge in [0.15, 0.2) is 0 Å². The molecule has 5 nitrogen and oxygen atoms in total. The van der Waals surface area contributed by atoms with Crippen molar-refractivity contribution < 1.29 is 19.1 Å². The summed E-state index contributed by atoms with van der Waals surface area (Å²) in [5, 5.41) is 0. The number of amides is 1. The molecule has 1 aliphatic rings. The van der Waals surface area contributed by atoms with Crippen molar-refractivity contribution in [2.45, 2.75) is 103 Å². The second-order valence-corrected chi connectivity index (χ2v) is 7.32. The van der Waals surface area contributed by atoms with Crippen LogP contribution in [0.3, 0.4) is 0 Å². The predicted octanol–water partition coefficient (Wildman–Crippen LogP) is 5.46. The van der Waals surface area contributed by atoms with E-state index >= 15 is 0 Å². The number of ether oxygens (including phenoxy) is 2. The number of piperidine rings is 1. The molecular formula is C21H39NO4. The maximum absolute atomic E-state index is 12.4. The van der Waals surface area contributed by atoms with Gasteiger partial charge in [0, 0.05) is 6.54 Å². The molecule has 1 rings (SSSR count). The summed E-state index contributed by atoms with van der Waals surface area (Å²) in [4.78, 5) is 26.1. The van der Waals surface area contributed by atoms with Gasteiger partial charge in [-0.05, 0) is 32.1 Å². The first kappa shape index (κ1) is 22.8. The number of rotatable bonds is 13. The Kier molecular flexibility index (Phi) is 13.0. The second kappa shape index (κ2) is 14.9. The van der Waals surface area contributed by atoms with Gasteiger partial charge in [0.05, 0.1) is 13.2 Å². The van der Waals surface area contributed by atoms with Gasteiger partial charge in [-0.1, -0.05) is 65.2 Å². The first-order chi connectivity index (χ1) is 12.7. The lowest BCUT2D eigenvalue weighted by molar-refractivity contribution is -0.150. The molecule has 1 unspecified atom stereocenters. The van der Waals surface area contributed by atoms with Crippen LogP contribution in [0.4, 0.5) is 4.79 Å². The van der Waals surface area contributed by atoms with E-state index < -0.39 is 6.04 Å². The van der Waals surface area contributed by atoms with E-state index in [0.717, 1.165) is 38.5 Å². The lowest BCUT2D eigenvalue weighted by Gasteiger charge is -2.33. The van der Waals surface area contributed by atoms with Gasteiger partial charge in [-0.3, -0.25) is 4.90 Å². The first-order valence-electron chi connectivity index (χ1n) is 10.8. The standard InChI is InChI=1S/C21H39NO4/c1-3-5-7-8-9-10-11-14-18-25-20(23)19-15-12-13-16-22(19)21(24)26-17-6-4-2/h19H,3-18H2,1-2H3. The molecule has 5 heteroatoms. The molecule has 0 aromatic rings. The highest BCUT2D eigenvalue weighted by Crippen LogP contribution is 2.19. The van der Waals surface area contributed by atoms with Crippen LogP contribution in [-0.2, 0) is 14.3 Å². The van der Waals surface area contributed by atoms with Crippen molar-refractivity contribution in [3.8, 4) is 0 Å². The van der Waals surface area contributed by atoms with Gasteiger partial charge < -0.3 is 9.47 Å². The fraction of sp³-hybridized carbons (Fsp3) is 0.905. The minimum absolute atomic E-state index is 0.264. The van der Waals surface area contributed by atoms with Gasteiger partial charge in [-0.25, -0.2) is 9.59 Å². The SMILES string of the molecule is CCCCCCCCCCOC(=O)C1CCCCN1C(=O)OCCCC. The van der Waals surface area contributed by atoms with Crippen LogP contribution in [0.5, 0.6) is 0 Å². The van der Waals surface area contributed by atoms with Crippen molar-refractivity contribution in [2.24, 2.45) is 0 Å². The van der Waals surface area contributed by atoms with E-state index in [0.29, 0.717) is 26.2 Å². The van der Waals surface area contributed by atoms with E-state index in [1.54, 1.807) is 4.90 Å². The number of unbranched alkanes of at least 4 members (excludes halogenated alkanes) is 8. The lowest BCUT2D eigenvalue weighted by Crippen LogP contribution is -2.49. The summed E-state index contributed by atoms with van der Waals surface area (Å²) in [6, 6.07) is -0.466. The number of carbonyl (C=O) groups is 2. The van der Waals surface area contributed by atoms with Gasteiger partial charge in [0.1, 0.15) is 6.04 Å². The predicted molar refractivity (Wildman–Crippen MR) is 104 cm³/mol. The minimum atomic E-state index is -0.466. The van der Waals surface area contributed by atoms with E-state index in [4.69, 9.17) is 9.47 Å². The third kappa shape index (κ3) is 9.44. The maximum atomic E-state index is 12.4. The zero-order valence-electron chi connectivity index (χ0n) is 17.0. The molecule has 1 fully saturated rings. The highest BCUT2D eigenvalue weighted by molar-refractivity contribution is 5.81. The Hall–Kier alpha value is -1.26. The highest BCUT2D eigenvalue weighted by Gasteiger charge is 2.34. The number of esters is 1. The van der Waals surface area contributed by atoms with Crippen molar-refractivity contribution in [1.82, 2.24) is 4.90 Å². The Morgan fingerprint density at radius 2 is 1.42 bits per heavy atom. The number of nitrogens with zero attached hydrogens (tertiary/aromatic N) is 1. The zero-order valence-corrected chi connectivity index (χ0v) is 17.0. The van der Waals surface area contributed by atoms with E-state index in [1.165, 1.54) is 38.5 Å². The van der Waals surface area contributed by atoms with Gasteiger partial charge in [-0.2, -0.15) is 0 Å². The van der Waals surface area contributed by atoms with Crippen molar-refractivity contribution >= 4 is 12.1 Å². The van der Waals surface area contributed by atoms with Gasteiger partial charge in [-0.15, -0.1) is 0 Å². The van der Waals surface area contributed by atoms with Crippen molar-refractivity contribution in [1.29, 1.82) is 0 Å². The topological polar surface area (TPSA) is 55.8 Å². The average Bonchev–Trinajstić information content (AvgIpc) is 2.66. The molecule has 0 N–H and O–H groups in total. The monoisotopic (exact) mass is 369 g/mol. The molecule has 1 aliphatic heterocycles. The summed E-state index contributed by atoms with van der Waals surface area (Å²) in [7, 11) is 0. The van der Waals surface area contributed by atoms with Crippen molar-refractivity contribution in [3.63, 3.8) is 0 Å². The molecule has 0 saturated carbocycles. The number of carbonyl (C=O) groups excluding carboxylic acids is 2. The van der Waals surface area contributed by atoms with E-state index in [9.17, 15) is 9.59 Å². The summed E-state index contributed by atoms with van der Waals surface area (Å²) in [5.74, 6) is -0.264. The normalized spacial score (nSPS) is 17.2. The van der Waals surface area contributed by atoms with Gasteiger partial charge in [0.2, 0.25) is 0 Å². The number of hydrogen-bond acceptors (Lipinski definition) is 4. The quantitative estimate of drug-likeness (QED) is 0.319. The Bertz CT molecular complexity index is 386. The van der Waals surface area contributed by atoms with Crippen LogP contribution in [0.15, 0.2) is 0 Å². The van der Waals surface area contributed by atoms with Crippen LogP contribution in [0.25, 0.3) is 0 Å². The third-order valence-corrected chi connectivity index (χ3v) is 4.98. The van der Waals surface area contributed by atoms with Crippen LogP contribution in [0, 0.1) is 0 Å². The molecular weight excluding hydrogens is 330 g/mol. The summed E-state index contributed by atoms with van der Waals surface area (Å²) >= 11 is 0. The largest absolute Gasteiger partial charge is 0.464 e. The summed E-state index contributed by atoms with van der Waals surface area (Å²) in [5.41, 5.74) is 0. The van der Waals surface area contributed by atoms with Crippen LogP contribution in [0.1, 0.15) is 97.3 Å². The van der Waals surface area contributed by atoms with Crippen LogP contribution in [0.2, 0.25) is 0 Å². The van der Waals surface area contributed by atoms with E-state index in [2.05, 4.69) is 13.8 Å². The van der Waals surface area contributed by atoms with Crippen molar-refractivity contribution in [2.75, 3.05) is 19.8 Å². The summed E-state index contributed by atoms with van der Waals surface area (Å²) in [6.07, 6.45) is 13.8. The molecule has 0 aromatic carbocycles. The van der Waals surface area contributed by atoms with E-state index in [-0.39, 0.29) is 12.1 Å². The summed E-state index contributed by atoms with van der Waals surface area (Å²) < 4.78 is 10.7. The second-order valence-electron chi connectivity index (χ2n) is 7.32. The van der Waals surface area contributed by atoms with Crippen molar-refractivity contribution in [3.05, 3.63) is 0 Å². The molecule has 0 spiro atoms. The Labute approximate surface area is 159 Å². The summed E-state index contributed by atoms with van der Waals surface area (Å²) in [6.45, 7) is 5.75. The smallest absolute Gasteiger partial charge is 0.410 e. The molecule has 0 bridgehead atoms. The van der Waals surface area contributed by atoms with Crippen LogP contribution < -0.4 is 0 Å². The molecule has 1 amide bonds.